The summed E-state index contributed by atoms with van der Waals surface area (Å²) in [5.41, 5.74) is -0.216. The number of carbonyl (C=O) groups is 2. The van der Waals surface area contributed by atoms with Crippen molar-refractivity contribution in [2.75, 3.05) is 18.4 Å². The topological polar surface area (TPSA) is 97.3 Å². The molecule has 0 bridgehead atoms. The zero-order valence-corrected chi connectivity index (χ0v) is 19.9. The molecule has 10 heteroatoms. The van der Waals surface area contributed by atoms with Crippen LogP contribution in [-0.2, 0) is 10.2 Å². The molecule has 1 N–H and O–H groups in total. The maximum absolute atomic E-state index is 12.5. The van der Waals surface area contributed by atoms with Gasteiger partial charge in [0.05, 0.1) is 5.01 Å². The average molecular weight is 452 g/mol. The second-order valence-corrected chi connectivity index (χ2v) is 11.3. The molecule has 1 aliphatic rings. The van der Waals surface area contributed by atoms with Crippen LogP contribution in [0.25, 0.3) is 0 Å². The van der Waals surface area contributed by atoms with E-state index in [4.69, 9.17) is 4.74 Å². The second kappa shape index (κ2) is 8.58. The first-order valence-corrected chi connectivity index (χ1v) is 11.7. The molecule has 8 nitrogen and oxygen atoms in total. The largest absolute Gasteiger partial charge is 0.444 e. The first-order valence-electron chi connectivity index (χ1n) is 10.0. The number of hydrogen-bond donors (Lipinski definition) is 1. The fourth-order valence-electron chi connectivity index (χ4n) is 2.95. The molecule has 0 atom stereocenters. The lowest BCUT2D eigenvalue weighted by Gasteiger charge is -2.32. The van der Waals surface area contributed by atoms with Crippen molar-refractivity contribution in [2.45, 2.75) is 71.3 Å². The standard InChI is InChI=1S/C20H29N5O3S2/c1-19(2,3)16-23-24-17(30-16)22-14(26)13-11-29-15(21-13)12-7-9-25(10-8-12)18(27)28-20(4,5)6/h11-12H,7-10H2,1-6H3,(H,22,24,26). The van der Waals surface area contributed by atoms with Gasteiger partial charge in [0.2, 0.25) is 5.13 Å². The van der Waals surface area contributed by atoms with Crippen molar-refractivity contribution in [2.24, 2.45) is 0 Å². The van der Waals surface area contributed by atoms with E-state index in [-0.39, 0.29) is 23.3 Å². The number of ether oxygens (including phenoxy) is 1. The van der Waals surface area contributed by atoms with Crippen LogP contribution in [-0.4, -0.2) is 50.8 Å². The molecule has 3 rings (SSSR count). The van der Waals surface area contributed by atoms with Crippen LogP contribution >= 0.6 is 22.7 Å². The third-order valence-electron chi connectivity index (χ3n) is 4.54. The average Bonchev–Trinajstić information content (AvgIpc) is 3.29. The normalized spacial score (nSPS) is 15.9. The molecule has 0 unspecified atom stereocenters. The van der Waals surface area contributed by atoms with Crippen molar-refractivity contribution >= 4 is 39.8 Å². The van der Waals surface area contributed by atoms with E-state index in [2.05, 4.69) is 41.3 Å². The zero-order valence-electron chi connectivity index (χ0n) is 18.3. The van der Waals surface area contributed by atoms with Crippen molar-refractivity contribution in [1.82, 2.24) is 20.1 Å². The van der Waals surface area contributed by atoms with E-state index >= 15 is 0 Å². The van der Waals surface area contributed by atoms with Gasteiger partial charge < -0.3 is 9.64 Å². The van der Waals surface area contributed by atoms with Gasteiger partial charge in [0.15, 0.2) is 0 Å². The SMILES string of the molecule is CC(C)(C)OC(=O)N1CCC(c2nc(C(=O)Nc3nnc(C(C)(C)C)s3)cs2)CC1. The third-order valence-corrected chi connectivity index (χ3v) is 6.81. The molecule has 2 amide bonds. The lowest BCUT2D eigenvalue weighted by molar-refractivity contribution is 0.0204. The van der Waals surface area contributed by atoms with Gasteiger partial charge in [0.1, 0.15) is 16.3 Å². The van der Waals surface area contributed by atoms with Gasteiger partial charge in [-0.05, 0) is 33.6 Å². The number of thiazole rings is 1. The van der Waals surface area contributed by atoms with E-state index in [9.17, 15) is 9.59 Å². The molecule has 2 aromatic rings. The Balaban J connectivity index is 1.56. The van der Waals surface area contributed by atoms with E-state index in [1.807, 2.05) is 20.8 Å². The van der Waals surface area contributed by atoms with Crippen LogP contribution in [0.3, 0.4) is 0 Å². The number of aromatic nitrogens is 3. The third kappa shape index (κ3) is 5.75. The van der Waals surface area contributed by atoms with Gasteiger partial charge in [-0.1, -0.05) is 32.1 Å². The summed E-state index contributed by atoms with van der Waals surface area (Å²) in [7, 11) is 0. The zero-order chi connectivity index (χ0) is 22.1. The van der Waals surface area contributed by atoms with Crippen LogP contribution in [0, 0.1) is 0 Å². The molecule has 2 aromatic heterocycles. The van der Waals surface area contributed by atoms with Gasteiger partial charge in [-0.3, -0.25) is 10.1 Å². The number of likely N-dealkylation sites (tertiary alicyclic amines) is 1. The van der Waals surface area contributed by atoms with Gasteiger partial charge in [-0.15, -0.1) is 21.5 Å². The van der Waals surface area contributed by atoms with Gasteiger partial charge in [0, 0.05) is 29.8 Å². The maximum Gasteiger partial charge on any atom is 0.410 e. The fraction of sp³-hybridized carbons (Fsp3) is 0.650. The van der Waals surface area contributed by atoms with Crippen LogP contribution in [0.2, 0.25) is 0 Å². The lowest BCUT2D eigenvalue weighted by atomic mass is 9.98. The summed E-state index contributed by atoms with van der Waals surface area (Å²) < 4.78 is 5.44. The van der Waals surface area contributed by atoms with Crippen LogP contribution in [0.4, 0.5) is 9.93 Å². The molecule has 1 saturated heterocycles. The van der Waals surface area contributed by atoms with E-state index in [0.717, 1.165) is 22.9 Å². The molecule has 0 radical (unpaired) electrons. The molecule has 0 aliphatic carbocycles. The minimum Gasteiger partial charge on any atom is -0.444 e. The number of nitrogens with zero attached hydrogens (tertiary/aromatic N) is 4. The highest BCUT2D eigenvalue weighted by Crippen LogP contribution is 2.32. The number of hydrogen-bond acceptors (Lipinski definition) is 8. The predicted octanol–water partition coefficient (Wildman–Crippen LogP) is 4.66. The summed E-state index contributed by atoms with van der Waals surface area (Å²) in [6.07, 6.45) is 1.34. The number of rotatable bonds is 3. The minimum absolute atomic E-state index is 0.109. The Morgan fingerprint density at radius 3 is 2.37 bits per heavy atom. The summed E-state index contributed by atoms with van der Waals surface area (Å²) in [6.45, 7) is 13.0. The van der Waals surface area contributed by atoms with Crippen molar-refractivity contribution in [3.05, 3.63) is 21.1 Å². The Morgan fingerprint density at radius 1 is 1.13 bits per heavy atom. The summed E-state index contributed by atoms with van der Waals surface area (Å²) >= 11 is 2.86. The number of amides is 2. The first-order chi connectivity index (χ1) is 13.9. The molecule has 30 heavy (non-hydrogen) atoms. The van der Waals surface area contributed by atoms with Crippen LogP contribution < -0.4 is 5.32 Å². The molecule has 1 aliphatic heterocycles. The Labute approximate surface area is 185 Å². The Hall–Kier alpha value is -2.07. The molecular formula is C20H29N5O3S2. The van der Waals surface area contributed by atoms with Gasteiger partial charge >= 0.3 is 6.09 Å². The molecule has 0 spiro atoms. The Morgan fingerprint density at radius 2 is 1.80 bits per heavy atom. The van der Waals surface area contributed by atoms with Crippen LogP contribution in [0.15, 0.2) is 5.38 Å². The molecule has 164 valence electrons. The Kier molecular flexibility index (Phi) is 6.47. The second-order valence-electron chi connectivity index (χ2n) is 9.43. The first kappa shape index (κ1) is 22.6. The van der Waals surface area contributed by atoms with Crippen LogP contribution in [0.1, 0.15) is 80.8 Å². The van der Waals surface area contributed by atoms with E-state index in [1.54, 1.807) is 10.3 Å². The van der Waals surface area contributed by atoms with Gasteiger partial charge in [-0.25, -0.2) is 9.78 Å². The monoisotopic (exact) mass is 451 g/mol. The maximum atomic E-state index is 12.5. The number of nitrogens with one attached hydrogen (secondary N) is 1. The summed E-state index contributed by atoms with van der Waals surface area (Å²) in [6, 6.07) is 0. The van der Waals surface area contributed by atoms with Crippen LogP contribution in [0.5, 0.6) is 0 Å². The summed E-state index contributed by atoms with van der Waals surface area (Å²) in [5, 5.41) is 15.0. The number of carbonyl (C=O) groups excluding carboxylic acids is 2. The van der Waals surface area contributed by atoms with Crippen molar-refractivity contribution in [3.8, 4) is 0 Å². The fourth-order valence-corrected chi connectivity index (χ4v) is 4.72. The highest BCUT2D eigenvalue weighted by atomic mass is 32.1. The highest BCUT2D eigenvalue weighted by Gasteiger charge is 2.29. The molecule has 0 saturated carbocycles. The number of piperidine rings is 1. The quantitative estimate of drug-likeness (QED) is 0.729. The highest BCUT2D eigenvalue weighted by molar-refractivity contribution is 7.15. The predicted molar refractivity (Wildman–Crippen MR) is 118 cm³/mol. The molecular weight excluding hydrogens is 422 g/mol. The van der Waals surface area contributed by atoms with Crippen molar-refractivity contribution in [3.63, 3.8) is 0 Å². The summed E-state index contributed by atoms with van der Waals surface area (Å²) in [4.78, 5) is 31.0. The van der Waals surface area contributed by atoms with E-state index in [1.165, 1.54) is 22.7 Å². The molecule has 1 fully saturated rings. The lowest BCUT2D eigenvalue weighted by Crippen LogP contribution is -2.41. The van der Waals surface area contributed by atoms with E-state index in [0.29, 0.717) is 23.9 Å². The summed E-state index contributed by atoms with van der Waals surface area (Å²) in [5.74, 6) is -0.0374. The Bertz CT molecular complexity index is 902. The molecule has 0 aromatic carbocycles. The van der Waals surface area contributed by atoms with Crippen molar-refractivity contribution < 1.29 is 14.3 Å². The van der Waals surface area contributed by atoms with Gasteiger partial charge in [0.25, 0.3) is 5.91 Å². The van der Waals surface area contributed by atoms with Crippen molar-refractivity contribution in [1.29, 1.82) is 0 Å². The number of anilines is 1. The van der Waals surface area contributed by atoms with Gasteiger partial charge in [-0.2, -0.15) is 0 Å². The van der Waals surface area contributed by atoms with E-state index < -0.39 is 5.60 Å². The smallest absolute Gasteiger partial charge is 0.410 e. The minimum atomic E-state index is -0.494. The molecule has 3 heterocycles.